The molecule has 2 amide bonds. The van der Waals surface area contributed by atoms with Crippen molar-refractivity contribution in [3.05, 3.63) is 11.6 Å². The second-order valence-electron chi connectivity index (χ2n) is 8.21. The van der Waals surface area contributed by atoms with E-state index in [1.165, 1.54) is 17.9 Å². The summed E-state index contributed by atoms with van der Waals surface area (Å²) in [5.74, 6) is -1.35. The maximum absolute atomic E-state index is 12.9. The summed E-state index contributed by atoms with van der Waals surface area (Å²) in [4.78, 5) is 40.0. The number of aliphatic carboxylic acids is 1. The molecule has 0 spiro atoms. The third kappa shape index (κ3) is 8.00. The summed E-state index contributed by atoms with van der Waals surface area (Å²) in [5.41, 5.74) is -0.274. The van der Waals surface area contributed by atoms with E-state index in [9.17, 15) is 14.4 Å². The Bertz CT molecular complexity index is 566. The molecule has 0 saturated carbocycles. The Morgan fingerprint density at radius 2 is 1.82 bits per heavy atom. The SMILES string of the molecule is C/C(=C\CN(C)C(=O)C(NC(=O)C1CCCCN1C)C(C)(C)C)C(=O)O.CC. The van der Waals surface area contributed by atoms with E-state index >= 15 is 0 Å². The van der Waals surface area contributed by atoms with Gasteiger partial charge in [-0.1, -0.05) is 47.1 Å². The molecule has 1 aliphatic heterocycles. The molecule has 0 bridgehead atoms. The number of rotatable bonds is 6. The first-order valence-corrected chi connectivity index (χ1v) is 10.1. The Hall–Kier alpha value is -1.89. The van der Waals surface area contributed by atoms with Crippen molar-refractivity contribution < 1.29 is 19.5 Å². The van der Waals surface area contributed by atoms with Gasteiger partial charge in [0.2, 0.25) is 11.8 Å². The lowest BCUT2D eigenvalue weighted by atomic mass is 9.85. The number of carboxylic acids is 1. The first-order chi connectivity index (χ1) is 12.9. The highest BCUT2D eigenvalue weighted by molar-refractivity contribution is 5.90. The largest absolute Gasteiger partial charge is 0.478 e. The van der Waals surface area contributed by atoms with Crippen molar-refractivity contribution in [2.75, 3.05) is 27.2 Å². The zero-order valence-corrected chi connectivity index (χ0v) is 18.8. The van der Waals surface area contributed by atoms with Gasteiger partial charge >= 0.3 is 5.97 Å². The Morgan fingerprint density at radius 1 is 1.25 bits per heavy atom. The summed E-state index contributed by atoms with van der Waals surface area (Å²) in [5, 5.41) is 11.9. The fourth-order valence-corrected chi connectivity index (χ4v) is 2.97. The van der Waals surface area contributed by atoms with Gasteiger partial charge in [-0.3, -0.25) is 14.5 Å². The van der Waals surface area contributed by atoms with Crippen molar-refractivity contribution >= 4 is 17.8 Å². The van der Waals surface area contributed by atoms with Crippen molar-refractivity contribution in [3.8, 4) is 0 Å². The molecule has 1 fully saturated rings. The molecule has 28 heavy (non-hydrogen) atoms. The zero-order chi connectivity index (χ0) is 22.1. The predicted octanol–water partition coefficient (Wildman–Crippen LogP) is 2.52. The van der Waals surface area contributed by atoms with E-state index in [1.54, 1.807) is 7.05 Å². The van der Waals surface area contributed by atoms with Crippen LogP contribution in [0.4, 0.5) is 0 Å². The molecule has 0 aromatic heterocycles. The molecule has 1 heterocycles. The van der Waals surface area contributed by atoms with Gasteiger partial charge in [-0.2, -0.15) is 0 Å². The monoisotopic (exact) mass is 397 g/mol. The van der Waals surface area contributed by atoms with Crippen molar-refractivity contribution in [2.24, 2.45) is 5.41 Å². The van der Waals surface area contributed by atoms with Crippen molar-refractivity contribution in [3.63, 3.8) is 0 Å². The van der Waals surface area contributed by atoms with Crippen LogP contribution in [0.25, 0.3) is 0 Å². The molecule has 1 aliphatic rings. The lowest BCUT2D eigenvalue weighted by molar-refractivity contribution is -0.139. The second-order valence-corrected chi connectivity index (χ2v) is 8.21. The third-order valence-corrected chi connectivity index (χ3v) is 4.86. The number of nitrogens with zero attached hydrogens (tertiary/aromatic N) is 2. The first kappa shape index (κ1) is 26.1. The van der Waals surface area contributed by atoms with Crippen molar-refractivity contribution in [2.45, 2.75) is 72.9 Å². The highest BCUT2D eigenvalue weighted by Gasteiger charge is 2.37. The molecule has 162 valence electrons. The minimum absolute atomic E-state index is 0.119. The van der Waals surface area contributed by atoms with Crippen LogP contribution in [-0.2, 0) is 14.4 Å². The van der Waals surface area contributed by atoms with E-state index in [0.29, 0.717) is 0 Å². The van der Waals surface area contributed by atoms with Crippen LogP contribution in [0.2, 0.25) is 0 Å². The van der Waals surface area contributed by atoms with Crippen molar-refractivity contribution in [1.82, 2.24) is 15.1 Å². The molecule has 1 rings (SSSR count). The number of carboxylic acid groups (broad SMARTS) is 1. The summed E-state index contributed by atoms with van der Waals surface area (Å²) in [6.07, 6.45) is 4.39. The van der Waals surface area contributed by atoms with Gasteiger partial charge in [0.1, 0.15) is 6.04 Å². The number of nitrogens with one attached hydrogen (secondary N) is 1. The molecule has 2 N–H and O–H groups in total. The number of hydrogen-bond acceptors (Lipinski definition) is 4. The highest BCUT2D eigenvalue weighted by atomic mass is 16.4. The Balaban J connectivity index is 0.00000352. The summed E-state index contributed by atoms with van der Waals surface area (Å²) in [7, 11) is 3.55. The third-order valence-electron chi connectivity index (χ3n) is 4.86. The van der Waals surface area contributed by atoms with E-state index in [1.807, 2.05) is 46.6 Å². The number of likely N-dealkylation sites (tertiary alicyclic amines) is 1. The molecule has 1 saturated heterocycles. The summed E-state index contributed by atoms with van der Waals surface area (Å²) >= 11 is 0. The molecule has 0 aromatic carbocycles. The van der Waals surface area contributed by atoms with E-state index in [-0.39, 0.29) is 30.0 Å². The van der Waals surface area contributed by atoms with Gasteiger partial charge in [-0.25, -0.2) is 4.79 Å². The predicted molar refractivity (Wildman–Crippen MR) is 112 cm³/mol. The van der Waals surface area contributed by atoms with Crippen LogP contribution in [0.3, 0.4) is 0 Å². The lowest BCUT2D eigenvalue weighted by Crippen LogP contribution is -2.58. The van der Waals surface area contributed by atoms with Crippen LogP contribution in [0.5, 0.6) is 0 Å². The van der Waals surface area contributed by atoms with Crippen LogP contribution in [0.15, 0.2) is 11.6 Å². The van der Waals surface area contributed by atoms with Gasteiger partial charge in [0.05, 0.1) is 6.04 Å². The van der Waals surface area contributed by atoms with Crippen LogP contribution < -0.4 is 5.32 Å². The van der Waals surface area contributed by atoms with Crippen LogP contribution in [-0.4, -0.2) is 72.0 Å². The van der Waals surface area contributed by atoms with Gasteiger partial charge in [-0.15, -0.1) is 0 Å². The standard InChI is InChI=1S/C19H33N3O4.C2H6/c1-13(18(25)26)10-12-22(6)17(24)15(19(2,3)4)20-16(23)14-9-7-8-11-21(14)5;1-2/h10,14-15H,7-9,11-12H2,1-6H3,(H,20,23)(H,25,26);1-2H3/b13-10+;. The molecule has 0 radical (unpaired) electrons. The first-order valence-electron chi connectivity index (χ1n) is 10.1. The van der Waals surface area contributed by atoms with E-state index in [2.05, 4.69) is 5.32 Å². The minimum atomic E-state index is -1.01. The topological polar surface area (TPSA) is 90.0 Å². The quantitative estimate of drug-likeness (QED) is 0.672. The van der Waals surface area contributed by atoms with Gasteiger partial charge < -0.3 is 15.3 Å². The maximum atomic E-state index is 12.9. The second kappa shape index (κ2) is 11.8. The molecule has 0 aliphatic carbocycles. The van der Waals surface area contributed by atoms with Gasteiger partial charge in [0.15, 0.2) is 0 Å². The Labute approximate surface area is 170 Å². The van der Waals surface area contributed by atoms with Crippen molar-refractivity contribution in [1.29, 1.82) is 0 Å². The average Bonchev–Trinajstić information content (AvgIpc) is 2.64. The molecular weight excluding hydrogens is 358 g/mol. The minimum Gasteiger partial charge on any atom is -0.478 e. The molecule has 7 nitrogen and oxygen atoms in total. The van der Waals surface area contributed by atoms with Crippen LogP contribution >= 0.6 is 0 Å². The highest BCUT2D eigenvalue weighted by Crippen LogP contribution is 2.22. The number of likely N-dealkylation sites (N-methyl/N-ethyl adjacent to an activating group) is 2. The summed E-state index contributed by atoms with van der Waals surface area (Å²) in [6, 6.07) is -0.880. The summed E-state index contributed by atoms with van der Waals surface area (Å²) in [6.45, 7) is 12.3. The van der Waals surface area contributed by atoms with Gasteiger partial charge in [-0.05, 0) is 38.8 Å². The molecule has 2 atom stereocenters. The fourth-order valence-electron chi connectivity index (χ4n) is 2.97. The Kier molecular flexibility index (Phi) is 11.0. The normalized spacial score (nSPS) is 19.1. The number of piperidine rings is 1. The maximum Gasteiger partial charge on any atom is 0.331 e. The van der Waals surface area contributed by atoms with E-state index < -0.39 is 17.4 Å². The number of carbonyl (C=O) groups is 3. The fraction of sp³-hybridized carbons (Fsp3) is 0.762. The van der Waals surface area contributed by atoms with Gasteiger partial charge in [0.25, 0.3) is 0 Å². The average molecular weight is 398 g/mol. The van der Waals surface area contributed by atoms with Gasteiger partial charge in [0, 0.05) is 19.2 Å². The smallest absolute Gasteiger partial charge is 0.331 e. The van der Waals surface area contributed by atoms with E-state index in [0.717, 1.165) is 25.8 Å². The molecule has 0 aromatic rings. The molecule has 7 heteroatoms. The summed E-state index contributed by atoms with van der Waals surface area (Å²) < 4.78 is 0. The van der Waals surface area contributed by atoms with Crippen LogP contribution in [0.1, 0.15) is 60.8 Å². The zero-order valence-electron chi connectivity index (χ0n) is 18.8. The van der Waals surface area contributed by atoms with Crippen LogP contribution in [0, 0.1) is 5.41 Å². The number of hydrogen-bond donors (Lipinski definition) is 2. The number of amides is 2. The molecule has 2 unspecified atom stereocenters. The van der Waals surface area contributed by atoms with E-state index in [4.69, 9.17) is 5.11 Å². The number of carbonyl (C=O) groups excluding carboxylic acids is 2. The lowest BCUT2D eigenvalue weighted by Gasteiger charge is -2.37. The molecular formula is C21H39N3O4. The Morgan fingerprint density at radius 3 is 2.29 bits per heavy atom.